The zero-order valence-corrected chi connectivity index (χ0v) is 11.5. The molecule has 0 unspecified atom stereocenters. The number of benzene rings is 1. The lowest BCUT2D eigenvalue weighted by Gasteiger charge is -2.10. The molecule has 6 heteroatoms. The Balaban J connectivity index is 1.92. The van der Waals surface area contributed by atoms with E-state index < -0.39 is 0 Å². The number of aromatic nitrogens is 2. The van der Waals surface area contributed by atoms with Crippen molar-refractivity contribution in [2.75, 3.05) is 14.2 Å². The van der Waals surface area contributed by atoms with Gasteiger partial charge in [0.25, 0.3) is 0 Å². The van der Waals surface area contributed by atoms with Gasteiger partial charge in [-0.05, 0) is 23.8 Å². The zero-order valence-electron chi connectivity index (χ0n) is 11.5. The molecular weight excluding hydrogens is 258 g/mol. The lowest BCUT2D eigenvalue weighted by atomic mass is 10.2. The van der Waals surface area contributed by atoms with E-state index >= 15 is 0 Å². The maximum Gasteiger partial charge on any atom is 0.241 e. The number of nitrogens with zero attached hydrogens (tertiary/aromatic N) is 2. The highest BCUT2D eigenvalue weighted by Gasteiger charge is 2.06. The molecule has 0 radical (unpaired) electrons. The highest BCUT2D eigenvalue weighted by atomic mass is 16.5. The van der Waals surface area contributed by atoms with E-state index in [1.165, 1.54) is 0 Å². The van der Waals surface area contributed by atoms with Gasteiger partial charge in [-0.1, -0.05) is 6.07 Å². The molecule has 2 rings (SSSR count). The first-order valence-corrected chi connectivity index (χ1v) is 6.18. The van der Waals surface area contributed by atoms with Crippen LogP contribution in [0.1, 0.15) is 5.56 Å². The molecule has 0 atom stereocenters. The molecule has 0 aliphatic carbocycles. The van der Waals surface area contributed by atoms with Crippen molar-refractivity contribution >= 4 is 5.91 Å². The fourth-order valence-corrected chi connectivity index (χ4v) is 1.79. The Bertz CT molecular complexity index is 567. The molecule has 20 heavy (non-hydrogen) atoms. The highest BCUT2D eigenvalue weighted by molar-refractivity contribution is 5.75. The summed E-state index contributed by atoms with van der Waals surface area (Å²) in [4.78, 5) is 11.7. The van der Waals surface area contributed by atoms with Gasteiger partial charge < -0.3 is 14.8 Å². The fraction of sp³-hybridized carbons (Fsp3) is 0.286. The molecule has 0 saturated carbocycles. The van der Waals surface area contributed by atoms with E-state index in [9.17, 15) is 4.79 Å². The van der Waals surface area contributed by atoms with E-state index in [-0.39, 0.29) is 12.5 Å². The molecule has 2 aromatic rings. The van der Waals surface area contributed by atoms with Crippen LogP contribution >= 0.6 is 0 Å². The summed E-state index contributed by atoms with van der Waals surface area (Å²) in [6.07, 6.45) is 3.39. The molecular formula is C14H17N3O3. The van der Waals surface area contributed by atoms with Crippen LogP contribution in [0.5, 0.6) is 11.5 Å². The van der Waals surface area contributed by atoms with E-state index in [1.807, 2.05) is 18.2 Å². The fourth-order valence-electron chi connectivity index (χ4n) is 1.79. The number of carbonyl (C=O) groups excluding carboxylic acids is 1. The molecule has 0 saturated heterocycles. The van der Waals surface area contributed by atoms with Crippen molar-refractivity contribution in [3.63, 3.8) is 0 Å². The SMILES string of the molecule is COc1ccc(CNC(=O)Cn2cccn2)cc1OC. The first kappa shape index (κ1) is 13.9. The second kappa shape index (κ2) is 6.60. The molecule has 106 valence electrons. The van der Waals surface area contributed by atoms with Gasteiger partial charge in [0.1, 0.15) is 6.54 Å². The summed E-state index contributed by atoms with van der Waals surface area (Å²) in [5, 5.41) is 6.81. The highest BCUT2D eigenvalue weighted by Crippen LogP contribution is 2.27. The summed E-state index contributed by atoms with van der Waals surface area (Å²) in [6.45, 7) is 0.640. The molecule has 0 aliphatic rings. The van der Waals surface area contributed by atoms with Gasteiger partial charge in [-0.15, -0.1) is 0 Å². The molecule has 1 heterocycles. The Hall–Kier alpha value is -2.50. The predicted molar refractivity (Wildman–Crippen MR) is 73.6 cm³/mol. The third kappa shape index (κ3) is 3.50. The van der Waals surface area contributed by atoms with E-state index in [2.05, 4.69) is 10.4 Å². The van der Waals surface area contributed by atoms with Gasteiger partial charge in [-0.2, -0.15) is 5.10 Å². The molecule has 0 bridgehead atoms. The van der Waals surface area contributed by atoms with Crippen LogP contribution in [-0.4, -0.2) is 29.9 Å². The maximum absolute atomic E-state index is 11.7. The lowest BCUT2D eigenvalue weighted by Crippen LogP contribution is -2.27. The van der Waals surface area contributed by atoms with Crippen molar-refractivity contribution in [1.29, 1.82) is 0 Å². The number of hydrogen-bond donors (Lipinski definition) is 1. The molecule has 0 aliphatic heterocycles. The Labute approximate surface area is 117 Å². The van der Waals surface area contributed by atoms with Gasteiger partial charge in [-0.3, -0.25) is 9.48 Å². The number of ether oxygens (including phenoxy) is 2. The quantitative estimate of drug-likeness (QED) is 0.860. The zero-order chi connectivity index (χ0) is 14.4. The number of nitrogens with one attached hydrogen (secondary N) is 1. The van der Waals surface area contributed by atoms with Crippen LogP contribution in [0.3, 0.4) is 0 Å². The van der Waals surface area contributed by atoms with Gasteiger partial charge in [0.15, 0.2) is 11.5 Å². The Morgan fingerprint density at radius 2 is 2.10 bits per heavy atom. The van der Waals surface area contributed by atoms with Crippen molar-refractivity contribution in [3.8, 4) is 11.5 Å². The summed E-state index contributed by atoms with van der Waals surface area (Å²) in [6, 6.07) is 7.32. The average molecular weight is 275 g/mol. The van der Waals surface area contributed by atoms with Crippen LogP contribution in [0.15, 0.2) is 36.7 Å². The normalized spacial score (nSPS) is 10.1. The largest absolute Gasteiger partial charge is 0.493 e. The first-order chi connectivity index (χ1) is 9.72. The van der Waals surface area contributed by atoms with E-state index in [1.54, 1.807) is 37.4 Å². The maximum atomic E-state index is 11.7. The lowest BCUT2D eigenvalue weighted by molar-refractivity contribution is -0.122. The third-order valence-electron chi connectivity index (χ3n) is 2.80. The van der Waals surface area contributed by atoms with Gasteiger partial charge in [0, 0.05) is 18.9 Å². The van der Waals surface area contributed by atoms with Crippen molar-refractivity contribution < 1.29 is 14.3 Å². The van der Waals surface area contributed by atoms with Crippen molar-refractivity contribution in [3.05, 3.63) is 42.2 Å². The molecule has 0 spiro atoms. The molecule has 1 aromatic heterocycles. The minimum absolute atomic E-state index is 0.0940. The standard InChI is InChI=1S/C14H17N3O3/c1-19-12-5-4-11(8-13(12)20-2)9-15-14(18)10-17-7-3-6-16-17/h3-8H,9-10H2,1-2H3,(H,15,18). The number of carbonyl (C=O) groups is 1. The summed E-state index contributed by atoms with van der Waals surface area (Å²) in [5.74, 6) is 1.22. The monoisotopic (exact) mass is 275 g/mol. The number of amides is 1. The smallest absolute Gasteiger partial charge is 0.241 e. The van der Waals surface area contributed by atoms with E-state index in [4.69, 9.17) is 9.47 Å². The number of rotatable bonds is 6. The number of methoxy groups -OCH3 is 2. The van der Waals surface area contributed by atoms with Gasteiger partial charge in [0.2, 0.25) is 5.91 Å². The second-order valence-electron chi connectivity index (χ2n) is 4.17. The van der Waals surface area contributed by atoms with Crippen molar-refractivity contribution in [2.45, 2.75) is 13.1 Å². The average Bonchev–Trinajstić information content (AvgIpc) is 2.97. The van der Waals surface area contributed by atoms with E-state index in [0.717, 1.165) is 5.56 Å². The van der Waals surface area contributed by atoms with Crippen LogP contribution in [0.2, 0.25) is 0 Å². The summed E-state index contributed by atoms with van der Waals surface area (Å²) in [5.41, 5.74) is 0.941. The van der Waals surface area contributed by atoms with Crippen LogP contribution in [0, 0.1) is 0 Å². The molecule has 0 fully saturated rings. The van der Waals surface area contributed by atoms with Gasteiger partial charge in [-0.25, -0.2) is 0 Å². The van der Waals surface area contributed by atoms with Crippen LogP contribution in [0.25, 0.3) is 0 Å². The van der Waals surface area contributed by atoms with Crippen molar-refractivity contribution in [2.24, 2.45) is 0 Å². The Morgan fingerprint density at radius 3 is 2.75 bits per heavy atom. The molecule has 1 N–H and O–H groups in total. The van der Waals surface area contributed by atoms with Crippen LogP contribution in [0.4, 0.5) is 0 Å². The Kier molecular flexibility index (Phi) is 4.60. The summed E-state index contributed by atoms with van der Waals surface area (Å²) >= 11 is 0. The van der Waals surface area contributed by atoms with Crippen LogP contribution in [-0.2, 0) is 17.9 Å². The third-order valence-corrected chi connectivity index (χ3v) is 2.80. The molecule has 6 nitrogen and oxygen atoms in total. The molecule has 1 amide bonds. The van der Waals surface area contributed by atoms with Gasteiger partial charge in [0.05, 0.1) is 14.2 Å². The minimum Gasteiger partial charge on any atom is -0.493 e. The minimum atomic E-state index is -0.0940. The van der Waals surface area contributed by atoms with E-state index in [0.29, 0.717) is 18.0 Å². The summed E-state index contributed by atoms with van der Waals surface area (Å²) in [7, 11) is 3.17. The first-order valence-electron chi connectivity index (χ1n) is 6.18. The van der Waals surface area contributed by atoms with Crippen LogP contribution < -0.4 is 14.8 Å². The second-order valence-corrected chi connectivity index (χ2v) is 4.17. The van der Waals surface area contributed by atoms with Gasteiger partial charge >= 0.3 is 0 Å². The topological polar surface area (TPSA) is 65.4 Å². The number of hydrogen-bond acceptors (Lipinski definition) is 4. The van der Waals surface area contributed by atoms with Crippen molar-refractivity contribution in [1.82, 2.24) is 15.1 Å². The summed E-state index contributed by atoms with van der Waals surface area (Å²) < 4.78 is 12.0. The molecule has 1 aromatic carbocycles. The Morgan fingerprint density at radius 1 is 1.30 bits per heavy atom. The predicted octanol–water partition coefficient (Wildman–Crippen LogP) is 1.22.